The Labute approximate surface area is 779 Å². The van der Waals surface area contributed by atoms with Gasteiger partial charge in [-0.2, -0.15) is 0 Å². The third kappa shape index (κ3) is 55.0. The monoisotopic (exact) mass is 1930 g/mol. The van der Waals surface area contributed by atoms with Crippen LogP contribution in [-0.2, 0) is 162 Å². The van der Waals surface area contributed by atoms with E-state index in [0.717, 1.165) is 24.5 Å². The average molecular weight is 1930 g/mol. The summed E-state index contributed by atoms with van der Waals surface area (Å²) in [4.78, 5) is 254. The Hall–Kier alpha value is -11.7. The topological polar surface area (TPSA) is 675 Å². The molecule has 50 nitrogen and oxygen atoms in total. The highest BCUT2D eigenvalue weighted by molar-refractivity contribution is 6.17. The number of nitrogens with one attached hydrogen (secondary N) is 4. The van der Waals surface area contributed by atoms with Crippen molar-refractivity contribution in [2.45, 2.75) is 119 Å². The number of likely N-dealkylation sites (tertiary alicyclic amines) is 3. The van der Waals surface area contributed by atoms with Crippen molar-refractivity contribution in [2.75, 3.05) is 224 Å². The number of aliphatic carboxylic acids is 6. The SMILES string of the molecule is CC1=CC(=O)N(CCC(=O)NCCOCCOCCC(=O)O)C1=O.CC1=CC(=O)N(CCOCCOCCC(=O)O)C1=O.CC1C(=O)N(CCC(=O)NCCOCCOCCC(=O)O)C(=O)C1C.CC1C(=O)N(CCOCCOCCC(=O)O)C(=O)C1C.CC1CC(=O)N(CCC(=O)NCCOCCOCCC(=O)O)C1=O.O=C(O)CCOCCOCCNC(=O)CCN1C(=O)C=CC1=O. The van der Waals surface area contributed by atoms with E-state index in [9.17, 15) is 105 Å². The van der Waals surface area contributed by atoms with E-state index >= 15 is 0 Å². The summed E-state index contributed by atoms with van der Waals surface area (Å²) in [6.45, 7) is 19.8. The maximum atomic E-state index is 11.9. The molecule has 50 heteroatoms. The van der Waals surface area contributed by atoms with Crippen molar-refractivity contribution in [3.8, 4) is 0 Å². The van der Waals surface area contributed by atoms with Crippen molar-refractivity contribution in [3.05, 3.63) is 35.5 Å². The van der Waals surface area contributed by atoms with E-state index in [2.05, 4.69) is 21.3 Å². The third-order valence-corrected chi connectivity index (χ3v) is 19.3. The number of hydrogen-bond acceptors (Lipinski definition) is 34. The van der Waals surface area contributed by atoms with Gasteiger partial charge >= 0.3 is 35.8 Å². The highest BCUT2D eigenvalue weighted by atomic mass is 16.6. The third-order valence-electron chi connectivity index (χ3n) is 19.3. The van der Waals surface area contributed by atoms with Crippen LogP contribution in [0.25, 0.3) is 0 Å². The van der Waals surface area contributed by atoms with Crippen LogP contribution in [0.15, 0.2) is 35.5 Å². The zero-order valence-electron chi connectivity index (χ0n) is 77.3. The van der Waals surface area contributed by atoms with E-state index in [0.29, 0.717) is 103 Å². The first kappa shape index (κ1) is 121. The van der Waals surface area contributed by atoms with Crippen LogP contribution >= 0.6 is 0 Å². The van der Waals surface area contributed by atoms with Gasteiger partial charge in [-0.05, 0) is 13.8 Å². The van der Waals surface area contributed by atoms with Gasteiger partial charge in [0.05, 0.1) is 210 Å². The minimum atomic E-state index is -0.915. The number of imide groups is 6. The minimum absolute atomic E-state index is 0.0352. The molecule has 0 aromatic carbocycles. The molecule has 3 fully saturated rings. The van der Waals surface area contributed by atoms with Crippen LogP contribution < -0.4 is 21.3 Å². The van der Waals surface area contributed by atoms with Crippen molar-refractivity contribution in [3.63, 3.8) is 0 Å². The van der Waals surface area contributed by atoms with Crippen LogP contribution in [0.2, 0.25) is 0 Å². The summed E-state index contributed by atoms with van der Waals surface area (Å²) in [6.07, 6.45) is 5.07. The molecule has 16 amide bonds. The lowest BCUT2D eigenvalue weighted by atomic mass is 10.00. The quantitative estimate of drug-likeness (QED) is 0.0218. The molecule has 0 aromatic rings. The second-order valence-corrected chi connectivity index (χ2v) is 29.8. The number of amides is 16. The van der Waals surface area contributed by atoms with Crippen LogP contribution in [0.1, 0.15) is 119 Å². The fourth-order valence-corrected chi connectivity index (χ4v) is 11.4. The zero-order valence-corrected chi connectivity index (χ0v) is 77.3. The summed E-state index contributed by atoms with van der Waals surface area (Å²) < 4.78 is 61.4. The molecule has 3 saturated heterocycles. The molecule has 135 heavy (non-hydrogen) atoms. The van der Waals surface area contributed by atoms with Gasteiger partial charge in [0, 0.05) is 150 Å². The smallest absolute Gasteiger partial charge is 0.305 e. The second kappa shape index (κ2) is 71.8. The van der Waals surface area contributed by atoms with Crippen LogP contribution in [0.5, 0.6) is 0 Å². The predicted octanol–water partition coefficient (Wildman–Crippen LogP) is -2.78. The first-order valence-electron chi connectivity index (χ1n) is 43.6. The summed E-state index contributed by atoms with van der Waals surface area (Å²) in [5, 5.41) is 60.8. The second-order valence-electron chi connectivity index (χ2n) is 29.8. The van der Waals surface area contributed by atoms with Gasteiger partial charge in [-0.25, -0.2) is 0 Å². The van der Waals surface area contributed by atoms with Gasteiger partial charge in [0.25, 0.3) is 35.4 Å². The molecule has 0 aliphatic carbocycles. The highest BCUT2D eigenvalue weighted by Gasteiger charge is 2.43. The number of carboxylic acids is 6. The van der Waals surface area contributed by atoms with Crippen LogP contribution in [0.3, 0.4) is 0 Å². The number of rotatable bonds is 66. The summed E-state index contributed by atoms with van der Waals surface area (Å²) in [5.41, 5.74) is 0.807. The van der Waals surface area contributed by atoms with Gasteiger partial charge < -0.3 is 109 Å². The summed E-state index contributed by atoms with van der Waals surface area (Å²) in [6, 6.07) is 0. The molecule has 0 saturated carbocycles. The fraction of sp³-hybridized carbons (Fsp3) is 0.671. The standard InChI is InChI=1S/C16H26N2O7.C15H24N2O7.C15H22N2O7.C14H20N2O7.C13H21NO6.C12H17NO6/c1-11-12(2)16(23)18(15(11)22)6-3-13(19)17-5-8-25-10-9-24-7-4-14(20)21;2*1-11-10-13(19)17(15(11)22)5-2-12(18)16-4-7-24-9-8-23-6-3-14(20)21;17-11(3-6-16-12(18)1-2-13(16)19)15-5-8-23-10-9-22-7-4-14(20)21;1-9-10(2)13(18)14(12(9)17)4-6-20-8-7-19-5-3-11(15)16;1-9-8-10(14)13(12(9)17)3-5-19-7-6-18-4-2-11(15)16/h11-12H,3-10H2,1-2H3,(H,17,19)(H,20,21);11H,2-10H2,1H3,(H,16,18)(H,20,21);10H,2-9H2,1H3,(H,16,18)(H,20,21);1-2H,3-10H2,(H,15,17)(H,20,21);9-10H,3-8H2,1-2H3,(H,15,16);8H,2-7H2,1H3,(H,15,16). The van der Waals surface area contributed by atoms with Crippen molar-refractivity contribution in [2.24, 2.45) is 29.6 Å². The number of ether oxygens (including phenoxy) is 12. The largest absolute Gasteiger partial charge is 0.481 e. The number of carbonyl (C=O) groups excluding carboxylic acids is 16. The summed E-state index contributed by atoms with van der Waals surface area (Å²) in [5.74, 6) is -11.4. The molecule has 0 aromatic heterocycles. The Morgan fingerprint density at radius 1 is 0.267 bits per heavy atom. The molecule has 6 rings (SSSR count). The van der Waals surface area contributed by atoms with Crippen LogP contribution in [0.4, 0.5) is 0 Å². The normalized spacial score (nSPS) is 17.1. The number of hydrogen-bond donors (Lipinski definition) is 10. The predicted molar refractivity (Wildman–Crippen MR) is 461 cm³/mol. The van der Waals surface area contributed by atoms with E-state index in [-0.39, 0.29) is 309 Å². The van der Waals surface area contributed by atoms with Crippen molar-refractivity contribution >= 4 is 130 Å². The Kier molecular flexibility index (Phi) is 64.5. The average Bonchev–Trinajstić information content (AvgIpc) is 1.67. The molecule has 0 spiro atoms. The number of carboxylic acid groups (broad SMARTS) is 6. The van der Waals surface area contributed by atoms with E-state index in [1.165, 1.54) is 29.2 Å². The molecular formula is C85H130N10O40. The van der Waals surface area contributed by atoms with Gasteiger partial charge in [-0.15, -0.1) is 0 Å². The lowest BCUT2D eigenvalue weighted by Crippen LogP contribution is -2.36. The Bertz CT molecular complexity index is 3880. The fourth-order valence-electron chi connectivity index (χ4n) is 11.4. The maximum absolute atomic E-state index is 11.9. The van der Waals surface area contributed by atoms with Gasteiger partial charge in [0.2, 0.25) is 59.1 Å². The number of nitrogens with zero attached hydrogens (tertiary/aromatic N) is 6. The van der Waals surface area contributed by atoms with Gasteiger partial charge in [0.1, 0.15) is 0 Å². The number of carbonyl (C=O) groups is 22. The molecule has 5 unspecified atom stereocenters. The zero-order chi connectivity index (χ0) is 101. The minimum Gasteiger partial charge on any atom is -0.481 e. The molecule has 760 valence electrons. The van der Waals surface area contributed by atoms with Gasteiger partial charge in [-0.3, -0.25) is 135 Å². The van der Waals surface area contributed by atoms with Crippen molar-refractivity contribution in [1.82, 2.24) is 50.7 Å². The first-order valence-corrected chi connectivity index (χ1v) is 43.6. The Balaban J connectivity index is 0.000000812. The van der Waals surface area contributed by atoms with Gasteiger partial charge in [-0.1, -0.05) is 34.6 Å². The lowest BCUT2D eigenvalue weighted by Gasteiger charge is -2.14. The van der Waals surface area contributed by atoms with Crippen molar-refractivity contribution < 1.29 is 193 Å². The lowest BCUT2D eigenvalue weighted by molar-refractivity contribution is -0.142. The van der Waals surface area contributed by atoms with Crippen LogP contribution in [-0.4, -0.2) is 414 Å². The van der Waals surface area contributed by atoms with Crippen molar-refractivity contribution in [1.29, 1.82) is 0 Å². The van der Waals surface area contributed by atoms with Crippen LogP contribution in [0, 0.1) is 29.6 Å². The molecule has 0 radical (unpaired) electrons. The molecule has 6 aliphatic heterocycles. The van der Waals surface area contributed by atoms with Gasteiger partial charge in [0.15, 0.2) is 0 Å². The molecule has 6 heterocycles. The van der Waals surface area contributed by atoms with E-state index in [1.807, 2.05) is 0 Å². The van der Waals surface area contributed by atoms with E-state index in [4.69, 9.17) is 87.5 Å². The molecular weight excluding hydrogens is 1800 g/mol. The molecule has 10 N–H and O–H groups in total. The summed E-state index contributed by atoms with van der Waals surface area (Å²) >= 11 is 0. The van der Waals surface area contributed by atoms with E-state index < -0.39 is 53.5 Å². The first-order chi connectivity index (χ1) is 64.1. The summed E-state index contributed by atoms with van der Waals surface area (Å²) in [7, 11) is 0. The molecule has 6 aliphatic rings. The molecule has 5 atom stereocenters. The Morgan fingerprint density at radius 3 is 0.719 bits per heavy atom. The maximum Gasteiger partial charge on any atom is 0.305 e. The Morgan fingerprint density at radius 2 is 0.481 bits per heavy atom. The van der Waals surface area contributed by atoms with E-state index in [1.54, 1.807) is 48.5 Å². The highest BCUT2D eigenvalue weighted by Crippen LogP contribution is 2.27. The molecule has 0 bridgehead atoms.